The van der Waals surface area contributed by atoms with Gasteiger partial charge in [-0.25, -0.2) is 9.67 Å². The van der Waals surface area contributed by atoms with E-state index in [1.54, 1.807) is 24.2 Å². The number of carboxylic acid groups (broad SMARTS) is 1. The van der Waals surface area contributed by atoms with E-state index >= 15 is 0 Å². The first-order chi connectivity index (χ1) is 11.2. The molecule has 23 heavy (non-hydrogen) atoms. The van der Waals surface area contributed by atoms with Gasteiger partial charge in [0.25, 0.3) is 0 Å². The van der Waals surface area contributed by atoms with Crippen molar-refractivity contribution in [2.45, 2.75) is 19.1 Å². The van der Waals surface area contributed by atoms with E-state index in [0.717, 1.165) is 16.9 Å². The van der Waals surface area contributed by atoms with Crippen LogP contribution >= 0.6 is 0 Å². The second-order valence-corrected chi connectivity index (χ2v) is 5.38. The molecule has 3 rings (SSSR count). The summed E-state index contributed by atoms with van der Waals surface area (Å²) in [5.74, 6) is -0.0475. The summed E-state index contributed by atoms with van der Waals surface area (Å²) in [4.78, 5) is 17.1. The van der Waals surface area contributed by atoms with E-state index in [1.165, 1.54) is 6.33 Å². The molecule has 0 bridgehead atoms. The summed E-state index contributed by atoms with van der Waals surface area (Å²) < 4.78 is 7.12. The number of carboxylic acids is 1. The van der Waals surface area contributed by atoms with Crippen LogP contribution in [0, 0.1) is 0 Å². The molecular formula is C16H18N4O3. The molecule has 0 spiro atoms. The Morgan fingerprint density at radius 3 is 3.00 bits per heavy atom. The number of methoxy groups -OCH3 is 1. The van der Waals surface area contributed by atoms with Gasteiger partial charge < -0.3 is 9.84 Å². The lowest BCUT2D eigenvalue weighted by molar-refractivity contribution is -0.141. The van der Waals surface area contributed by atoms with Crippen LogP contribution in [0.5, 0.6) is 5.75 Å². The van der Waals surface area contributed by atoms with Crippen LogP contribution in [0.15, 0.2) is 43.0 Å². The van der Waals surface area contributed by atoms with E-state index in [0.29, 0.717) is 19.6 Å². The average Bonchev–Trinajstić information content (AvgIpc) is 3.19. The van der Waals surface area contributed by atoms with Crippen molar-refractivity contribution < 1.29 is 14.6 Å². The van der Waals surface area contributed by atoms with Crippen LogP contribution in [0.1, 0.15) is 11.1 Å². The maximum absolute atomic E-state index is 11.2. The predicted molar refractivity (Wildman–Crippen MR) is 83.1 cm³/mol. The van der Waals surface area contributed by atoms with Crippen LogP contribution in [0.4, 0.5) is 0 Å². The van der Waals surface area contributed by atoms with Gasteiger partial charge in [-0.15, -0.1) is 0 Å². The minimum absolute atomic E-state index is 0.553. The lowest BCUT2D eigenvalue weighted by atomic mass is 10.1. The number of rotatable bonds is 6. The minimum atomic E-state index is -0.824. The molecular weight excluding hydrogens is 296 g/mol. The van der Waals surface area contributed by atoms with Crippen molar-refractivity contribution in [1.82, 2.24) is 19.7 Å². The number of nitrogens with zero attached hydrogens (tertiary/aromatic N) is 4. The van der Waals surface area contributed by atoms with E-state index in [1.807, 2.05) is 29.2 Å². The summed E-state index contributed by atoms with van der Waals surface area (Å²) in [6, 6.07) is 5.33. The maximum Gasteiger partial charge on any atom is 0.324 e. The third-order valence-corrected chi connectivity index (χ3v) is 3.83. The normalized spacial score (nSPS) is 17.5. The highest BCUT2D eigenvalue weighted by Gasteiger charge is 2.26. The zero-order valence-electron chi connectivity index (χ0n) is 12.8. The van der Waals surface area contributed by atoms with E-state index in [4.69, 9.17) is 4.74 Å². The van der Waals surface area contributed by atoms with Gasteiger partial charge in [-0.1, -0.05) is 18.2 Å². The van der Waals surface area contributed by atoms with Crippen LogP contribution in [0.2, 0.25) is 0 Å². The summed E-state index contributed by atoms with van der Waals surface area (Å²) in [6.45, 7) is 1.76. The van der Waals surface area contributed by atoms with Crippen molar-refractivity contribution in [2.75, 3.05) is 13.7 Å². The van der Waals surface area contributed by atoms with Crippen molar-refractivity contribution in [3.05, 3.63) is 54.1 Å². The standard InChI is InChI=1S/C16H18N4O3/c1-23-15-5-4-12(7-13(15)9-20-11-17-10-18-20)8-19-6-2-3-14(19)16(21)22/h2-5,7,10-11,14H,6,8-9H2,1H3,(H,21,22)/t14-/m0/s1. The highest BCUT2D eigenvalue weighted by atomic mass is 16.5. The second-order valence-electron chi connectivity index (χ2n) is 5.38. The number of carbonyl (C=O) groups is 1. The molecule has 1 aliphatic rings. The fraction of sp³-hybridized carbons (Fsp3) is 0.312. The molecule has 0 unspecified atom stereocenters. The van der Waals surface area contributed by atoms with Crippen molar-refractivity contribution in [2.24, 2.45) is 0 Å². The molecule has 0 aliphatic carbocycles. The summed E-state index contributed by atoms with van der Waals surface area (Å²) in [6.07, 6.45) is 6.75. The molecule has 7 nitrogen and oxygen atoms in total. The second kappa shape index (κ2) is 6.62. The van der Waals surface area contributed by atoms with Crippen LogP contribution < -0.4 is 4.74 Å². The van der Waals surface area contributed by atoms with E-state index in [-0.39, 0.29) is 0 Å². The van der Waals surface area contributed by atoms with E-state index in [2.05, 4.69) is 10.1 Å². The average molecular weight is 314 g/mol. The Bertz CT molecular complexity index is 712. The molecule has 0 amide bonds. The van der Waals surface area contributed by atoms with Gasteiger partial charge in [-0.2, -0.15) is 5.10 Å². The molecule has 2 aromatic rings. The molecule has 1 aliphatic heterocycles. The van der Waals surface area contributed by atoms with Crippen LogP contribution in [-0.2, 0) is 17.9 Å². The largest absolute Gasteiger partial charge is 0.496 e. The Hall–Kier alpha value is -2.67. The quantitative estimate of drug-likeness (QED) is 0.806. The zero-order chi connectivity index (χ0) is 16.2. The summed E-state index contributed by atoms with van der Waals surface area (Å²) in [7, 11) is 1.63. The fourth-order valence-electron chi connectivity index (χ4n) is 2.74. The molecule has 1 atom stereocenters. The lowest BCUT2D eigenvalue weighted by Crippen LogP contribution is -2.35. The molecule has 2 heterocycles. The van der Waals surface area contributed by atoms with Gasteiger partial charge >= 0.3 is 5.97 Å². The Kier molecular flexibility index (Phi) is 4.38. The van der Waals surface area contributed by atoms with Gasteiger partial charge in [0.1, 0.15) is 24.4 Å². The highest BCUT2D eigenvalue weighted by Crippen LogP contribution is 2.23. The smallest absolute Gasteiger partial charge is 0.324 e. The van der Waals surface area contributed by atoms with Crippen molar-refractivity contribution in [3.63, 3.8) is 0 Å². The zero-order valence-corrected chi connectivity index (χ0v) is 12.8. The molecule has 1 aromatic carbocycles. The Labute approximate surface area is 133 Å². The van der Waals surface area contributed by atoms with Crippen LogP contribution in [0.3, 0.4) is 0 Å². The third kappa shape index (κ3) is 3.40. The molecule has 1 aromatic heterocycles. The first-order valence-corrected chi connectivity index (χ1v) is 7.29. The molecule has 7 heteroatoms. The van der Waals surface area contributed by atoms with Gasteiger partial charge in [0.2, 0.25) is 0 Å². The number of ether oxygens (including phenoxy) is 1. The molecule has 0 saturated carbocycles. The Balaban J connectivity index is 1.79. The van der Waals surface area contributed by atoms with Crippen LogP contribution in [0.25, 0.3) is 0 Å². The van der Waals surface area contributed by atoms with Gasteiger partial charge in [-0.05, 0) is 17.7 Å². The Morgan fingerprint density at radius 2 is 2.30 bits per heavy atom. The first-order valence-electron chi connectivity index (χ1n) is 7.29. The monoisotopic (exact) mass is 314 g/mol. The summed E-state index contributed by atoms with van der Waals surface area (Å²) >= 11 is 0. The van der Waals surface area contributed by atoms with Gasteiger partial charge in [0.15, 0.2) is 0 Å². The maximum atomic E-state index is 11.2. The number of benzene rings is 1. The molecule has 0 radical (unpaired) electrons. The highest BCUT2D eigenvalue weighted by molar-refractivity contribution is 5.76. The van der Waals surface area contributed by atoms with Gasteiger partial charge in [-0.3, -0.25) is 9.69 Å². The van der Waals surface area contributed by atoms with Crippen molar-refractivity contribution in [1.29, 1.82) is 0 Å². The third-order valence-electron chi connectivity index (χ3n) is 3.83. The first kappa shape index (κ1) is 15.2. The number of aromatic nitrogens is 3. The summed E-state index contributed by atoms with van der Waals surface area (Å²) in [5.41, 5.74) is 2.02. The molecule has 0 fully saturated rings. The van der Waals surface area contributed by atoms with Gasteiger partial charge in [0.05, 0.1) is 13.7 Å². The Morgan fingerprint density at radius 1 is 1.43 bits per heavy atom. The molecule has 120 valence electrons. The number of hydrogen-bond donors (Lipinski definition) is 1. The van der Waals surface area contributed by atoms with Crippen LogP contribution in [-0.4, -0.2) is 50.4 Å². The lowest BCUT2D eigenvalue weighted by Gasteiger charge is -2.21. The van der Waals surface area contributed by atoms with E-state index in [9.17, 15) is 9.90 Å². The topological polar surface area (TPSA) is 80.5 Å². The summed E-state index contributed by atoms with van der Waals surface area (Å²) in [5, 5.41) is 13.3. The molecule has 0 saturated heterocycles. The van der Waals surface area contributed by atoms with Crippen molar-refractivity contribution in [3.8, 4) is 5.75 Å². The predicted octanol–water partition coefficient (Wildman–Crippen LogP) is 1.16. The fourth-order valence-corrected chi connectivity index (χ4v) is 2.74. The van der Waals surface area contributed by atoms with Crippen molar-refractivity contribution >= 4 is 5.97 Å². The van der Waals surface area contributed by atoms with Gasteiger partial charge in [0, 0.05) is 18.7 Å². The number of aliphatic carboxylic acids is 1. The minimum Gasteiger partial charge on any atom is -0.496 e. The molecule has 1 N–H and O–H groups in total. The number of hydrogen-bond acceptors (Lipinski definition) is 5. The SMILES string of the molecule is COc1ccc(CN2CC=C[C@H]2C(=O)O)cc1Cn1cncn1. The van der Waals surface area contributed by atoms with E-state index < -0.39 is 12.0 Å².